The van der Waals surface area contributed by atoms with Crippen LogP contribution in [0.5, 0.6) is 0 Å². The number of aliphatic hydroxyl groups is 1. The summed E-state index contributed by atoms with van der Waals surface area (Å²) in [5.74, 6) is 0. The first-order valence-electron chi connectivity index (χ1n) is 5.65. The zero-order chi connectivity index (χ0) is 15.5. The van der Waals surface area contributed by atoms with Crippen molar-refractivity contribution in [2.45, 2.75) is 18.2 Å². The highest BCUT2D eigenvalue weighted by atomic mass is 79.9. The summed E-state index contributed by atoms with van der Waals surface area (Å²) in [5, 5.41) is 8.85. The van der Waals surface area contributed by atoms with Gasteiger partial charge in [-0.25, -0.2) is 17.2 Å². The minimum Gasteiger partial charge on any atom is -0.398 e. The molecule has 0 fully saturated rings. The summed E-state index contributed by atoms with van der Waals surface area (Å²) in [6.45, 7) is -0.435. The van der Waals surface area contributed by atoms with Crippen molar-refractivity contribution in [1.29, 1.82) is 0 Å². The van der Waals surface area contributed by atoms with E-state index in [2.05, 4.69) is 15.9 Å². The quantitative estimate of drug-likeness (QED) is 0.742. The number of anilines is 1. The van der Waals surface area contributed by atoms with E-state index in [1.165, 1.54) is 19.1 Å². The fraction of sp³-hybridized carbons (Fsp3) is 0.455. The number of hydrogen-bond acceptors (Lipinski definition) is 4. The highest BCUT2D eigenvalue weighted by molar-refractivity contribution is 9.10. The highest BCUT2D eigenvalue weighted by Gasteiger charge is 2.29. The maximum absolute atomic E-state index is 12.5. The number of benzene rings is 1. The minimum atomic E-state index is -4.15. The first-order valence-corrected chi connectivity index (χ1v) is 7.88. The zero-order valence-corrected chi connectivity index (χ0v) is 13.1. The average molecular weight is 373 g/mol. The molecule has 0 saturated heterocycles. The molecule has 3 N–H and O–H groups in total. The first kappa shape index (κ1) is 17.3. The van der Waals surface area contributed by atoms with Gasteiger partial charge in [0.25, 0.3) is 6.43 Å². The van der Waals surface area contributed by atoms with Crippen molar-refractivity contribution in [3.8, 4) is 0 Å². The second-order valence-corrected chi connectivity index (χ2v) is 6.92. The van der Waals surface area contributed by atoms with E-state index < -0.39 is 36.1 Å². The van der Waals surface area contributed by atoms with E-state index in [4.69, 9.17) is 10.8 Å². The zero-order valence-electron chi connectivity index (χ0n) is 10.7. The summed E-state index contributed by atoms with van der Waals surface area (Å²) in [7, 11) is -4.15. The van der Waals surface area contributed by atoms with E-state index in [1.807, 2.05) is 0 Å². The maximum Gasteiger partial charge on any atom is 0.252 e. The molecule has 20 heavy (non-hydrogen) atoms. The second kappa shape index (κ2) is 6.79. The summed E-state index contributed by atoms with van der Waals surface area (Å²) in [4.78, 5) is -0.154. The largest absolute Gasteiger partial charge is 0.398 e. The van der Waals surface area contributed by atoms with Crippen LogP contribution in [0.4, 0.5) is 14.5 Å². The second-order valence-electron chi connectivity index (χ2n) is 4.10. The predicted molar refractivity (Wildman–Crippen MR) is 75.1 cm³/mol. The van der Waals surface area contributed by atoms with Crippen molar-refractivity contribution < 1.29 is 22.3 Å². The third-order valence-electron chi connectivity index (χ3n) is 2.67. The molecule has 9 heteroatoms. The molecule has 1 rings (SSSR count). The van der Waals surface area contributed by atoms with Crippen molar-refractivity contribution in [3.63, 3.8) is 0 Å². The Balaban J connectivity index is 3.33. The van der Waals surface area contributed by atoms with Gasteiger partial charge in [0.05, 0.1) is 18.0 Å². The first-order chi connectivity index (χ1) is 9.20. The number of nitrogen functional groups attached to an aromatic ring is 1. The number of nitrogens with zero attached hydrogens (tertiary/aromatic N) is 1. The van der Waals surface area contributed by atoms with Crippen molar-refractivity contribution in [2.75, 3.05) is 25.4 Å². The Hall–Kier alpha value is -0.770. The van der Waals surface area contributed by atoms with Crippen LogP contribution in [-0.4, -0.2) is 44.0 Å². The van der Waals surface area contributed by atoms with Crippen molar-refractivity contribution >= 4 is 31.6 Å². The van der Waals surface area contributed by atoms with E-state index in [9.17, 15) is 17.2 Å². The number of nitrogens with two attached hydrogens (primary N) is 1. The van der Waals surface area contributed by atoms with E-state index in [0.29, 0.717) is 8.78 Å². The van der Waals surface area contributed by atoms with Gasteiger partial charge in [-0.3, -0.25) is 0 Å². The van der Waals surface area contributed by atoms with Gasteiger partial charge in [-0.05, 0) is 24.6 Å². The Morgan fingerprint density at radius 1 is 1.45 bits per heavy atom. The summed E-state index contributed by atoms with van der Waals surface area (Å²) in [6.07, 6.45) is -2.83. The van der Waals surface area contributed by atoms with Gasteiger partial charge in [0, 0.05) is 16.7 Å². The van der Waals surface area contributed by atoms with E-state index in [1.54, 1.807) is 0 Å². The van der Waals surface area contributed by atoms with Gasteiger partial charge >= 0.3 is 0 Å². The summed E-state index contributed by atoms with van der Waals surface area (Å²) >= 11 is 3.12. The lowest BCUT2D eigenvalue weighted by Crippen LogP contribution is -2.37. The van der Waals surface area contributed by atoms with E-state index >= 15 is 0 Å². The third-order valence-corrected chi connectivity index (χ3v) is 5.12. The number of rotatable bonds is 6. The smallest absolute Gasteiger partial charge is 0.252 e. The van der Waals surface area contributed by atoms with Crippen LogP contribution in [0.15, 0.2) is 21.5 Å². The molecule has 0 unspecified atom stereocenters. The molecule has 1 aromatic carbocycles. The van der Waals surface area contributed by atoms with Crippen molar-refractivity contribution in [2.24, 2.45) is 0 Å². The van der Waals surface area contributed by atoms with Gasteiger partial charge in [-0.2, -0.15) is 4.31 Å². The van der Waals surface area contributed by atoms with Gasteiger partial charge < -0.3 is 10.8 Å². The van der Waals surface area contributed by atoms with Crippen LogP contribution in [0, 0.1) is 6.92 Å². The molecule has 0 aliphatic rings. The number of hydrogen-bond donors (Lipinski definition) is 2. The van der Waals surface area contributed by atoms with E-state index in [-0.39, 0.29) is 16.1 Å². The Labute approximate surface area is 124 Å². The molecule has 0 radical (unpaired) electrons. The Bertz CT molecular complexity index is 581. The molecule has 0 spiro atoms. The van der Waals surface area contributed by atoms with Crippen LogP contribution in [0.3, 0.4) is 0 Å². The molecule has 114 valence electrons. The minimum absolute atomic E-state index is 0.154. The molecule has 0 bridgehead atoms. The molecule has 0 saturated carbocycles. The average Bonchev–Trinajstić information content (AvgIpc) is 2.32. The molecule has 5 nitrogen and oxygen atoms in total. The molecular weight excluding hydrogens is 358 g/mol. The molecule has 0 amide bonds. The molecule has 0 heterocycles. The Kier molecular flexibility index (Phi) is 5.87. The number of sulfonamides is 1. The fourth-order valence-corrected chi connectivity index (χ4v) is 3.97. The van der Waals surface area contributed by atoms with Gasteiger partial charge in [0.15, 0.2) is 0 Å². The lowest BCUT2D eigenvalue weighted by atomic mass is 10.2. The van der Waals surface area contributed by atoms with Gasteiger partial charge in [-0.1, -0.05) is 15.9 Å². The summed E-state index contributed by atoms with van der Waals surface area (Å²) < 4.78 is 50.7. The molecule has 1 aromatic rings. The van der Waals surface area contributed by atoms with Crippen LogP contribution in [0.2, 0.25) is 0 Å². The Morgan fingerprint density at radius 2 is 2.05 bits per heavy atom. The van der Waals surface area contributed by atoms with Crippen LogP contribution >= 0.6 is 15.9 Å². The summed E-state index contributed by atoms with van der Waals surface area (Å²) in [5.41, 5.74) is 6.20. The topological polar surface area (TPSA) is 83.6 Å². The maximum atomic E-state index is 12.5. The monoisotopic (exact) mass is 372 g/mol. The summed E-state index contributed by atoms with van der Waals surface area (Å²) in [6, 6.07) is 2.83. The fourth-order valence-electron chi connectivity index (χ4n) is 1.66. The number of aliphatic hydroxyl groups excluding tert-OH is 1. The number of halogens is 3. The van der Waals surface area contributed by atoms with E-state index in [0.717, 1.165) is 0 Å². The van der Waals surface area contributed by atoms with Crippen LogP contribution in [0.1, 0.15) is 5.56 Å². The SMILES string of the molecule is Cc1c(N)cc(Br)cc1S(=O)(=O)N(CCO)CC(F)F. The molecule has 0 aliphatic heterocycles. The van der Waals surface area contributed by atoms with Crippen molar-refractivity contribution in [3.05, 3.63) is 22.2 Å². The number of alkyl halides is 2. The van der Waals surface area contributed by atoms with Gasteiger partial charge in [0.2, 0.25) is 10.0 Å². The third kappa shape index (κ3) is 3.87. The lowest BCUT2D eigenvalue weighted by molar-refractivity contribution is 0.113. The van der Waals surface area contributed by atoms with Crippen LogP contribution in [-0.2, 0) is 10.0 Å². The molecule has 0 atom stereocenters. The van der Waals surface area contributed by atoms with Crippen molar-refractivity contribution in [1.82, 2.24) is 4.31 Å². The molecule has 0 aliphatic carbocycles. The molecular formula is C11H15BrF2N2O3S. The van der Waals surface area contributed by atoms with Crippen LogP contribution < -0.4 is 5.73 Å². The molecule has 0 aromatic heterocycles. The van der Waals surface area contributed by atoms with Crippen LogP contribution in [0.25, 0.3) is 0 Å². The standard InChI is InChI=1S/C11H15BrF2N2O3S/c1-7-9(15)4-8(12)5-10(7)20(18,19)16(2-3-17)6-11(13)14/h4-5,11,17H,2-3,6,15H2,1H3. The van der Waals surface area contributed by atoms with Gasteiger partial charge in [-0.15, -0.1) is 0 Å². The normalized spacial score (nSPS) is 12.3. The van der Waals surface area contributed by atoms with Gasteiger partial charge in [0.1, 0.15) is 0 Å². The highest BCUT2D eigenvalue weighted by Crippen LogP contribution is 2.28. The Morgan fingerprint density at radius 3 is 2.55 bits per heavy atom. The predicted octanol–water partition coefficient (Wildman–Crippen LogP) is 1.59. The lowest BCUT2D eigenvalue weighted by Gasteiger charge is -2.22.